The lowest BCUT2D eigenvalue weighted by Crippen LogP contribution is -2.46. The van der Waals surface area contributed by atoms with Gasteiger partial charge in [-0.25, -0.2) is 4.39 Å². The number of anilines is 1. The van der Waals surface area contributed by atoms with Crippen LogP contribution in [0.15, 0.2) is 42.5 Å². The minimum atomic E-state index is -0.335. The molecule has 2 N–H and O–H groups in total. The van der Waals surface area contributed by atoms with E-state index >= 15 is 0 Å². The lowest BCUT2D eigenvalue weighted by atomic mass is 10.0. The standard InChI is InChI=1S/C23H27FN4O/c1-17(26-23(29)18-7-9-19(24)10-8-18)16-27-12-14-28(15-13-27)22-6-2-5-21-20(22)4-3-11-25-21/h2,5-10,14,17,25H,3-4,11-13,15-16H2,1H3/p+1. The van der Waals surface area contributed by atoms with Crippen molar-refractivity contribution in [2.45, 2.75) is 25.8 Å². The molecule has 0 spiro atoms. The summed E-state index contributed by atoms with van der Waals surface area (Å²) in [4.78, 5) is 14.7. The molecular weight excluding hydrogens is 367 g/mol. The SMILES string of the molecule is CC(CN1CC=[N+](c2cccc3c2CCCN3)CC1)NC(=O)c1ccc(F)cc1. The van der Waals surface area contributed by atoms with Gasteiger partial charge in [0.25, 0.3) is 5.91 Å². The largest absolute Gasteiger partial charge is 0.385 e. The molecule has 2 heterocycles. The summed E-state index contributed by atoms with van der Waals surface area (Å²) < 4.78 is 15.4. The monoisotopic (exact) mass is 395 g/mol. The van der Waals surface area contributed by atoms with Gasteiger partial charge in [0.15, 0.2) is 12.8 Å². The van der Waals surface area contributed by atoms with E-state index in [2.05, 4.69) is 44.5 Å². The molecule has 0 aromatic heterocycles. The molecule has 2 aromatic rings. The molecule has 29 heavy (non-hydrogen) atoms. The summed E-state index contributed by atoms with van der Waals surface area (Å²) in [5, 5.41) is 6.51. The molecule has 0 saturated heterocycles. The molecule has 0 bridgehead atoms. The van der Waals surface area contributed by atoms with Crippen molar-refractivity contribution >= 4 is 23.5 Å². The maximum absolute atomic E-state index is 13.0. The number of benzene rings is 2. The zero-order chi connectivity index (χ0) is 20.2. The number of rotatable bonds is 5. The summed E-state index contributed by atoms with van der Waals surface area (Å²) in [5.74, 6) is -0.498. The Morgan fingerprint density at radius 1 is 1.28 bits per heavy atom. The van der Waals surface area contributed by atoms with Gasteiger partial charge in [-0.05, 0) is 50.1 Å². The summed E-state index contributed by atoms with van der Waals surface area (Å²) in [6.45, 7) is 6.58. The zero-order valence-electron chi connectivity index (χ0n) is 16.8. The number of carbonyl (C=O) groups excluding carboxylic acids is 1. The van der Waals surface area contributed by atoms with Crippen LogP contribution in [0.1, 0.15) is 29.3 Å². The Labute approximate surface area is 171 Å². The Bertz CT molecular complexity index is 910. The van der Waals surface area contributed by atoms with Crippen molar-refractivity contribution in [2.24, 2.45) is 0 Å². The normalized spacial score (nSPS) is 17.7. The van der Waals surface area contributed by atoms with E-state index in [4.69, 9.17) is 0 Å². The van der Waals surface area contributed by atoms with Crippen molar-refractivity contribution in [3.8, 4) is 0 Å². The molecular formula is C23H28FN4O+. The van der Waals surface area contributed by atoms with Crippen LogP contribution in [0.5, 0.6) is 0 Å². The van der Waals surface area contributed by atoms with Crippen molar-refractivity contribution < 1.29 is 13.8 Å². The highest BCUT2D eigenvalue weighted by Gasteiger charge is 2.25. The van der Waals surface area contributed by atoms with E-state index in [9.17, 15) is 9.18 Å². The lowest BCUT2D eigenvalue weighted by Gasteiger charge is -2.27. The minimum absolute atomic E-state index is 0.0150. The fourth-order valence-electron chi connectivity index (χ4n) is 4.13. The number of hydrogen-bond donors (Lipinski definition) is 2. The first-order chi connectivity index (χ1) is 14.1. The Hall–Kier alpha value is -2.73. The van der Waals surface area contributed by atoms with E-state index in [1.54, 1.807) is 0 Å². The predicted molar refractivity (Wildman–Crippen MR) is 114 cm³/mol. The maximum atomic E-state index is 13.0. The number of nitrogens with zero attached hydrogens (tertiary/aromatic N) is 2. The summed E-state index contributed by atoms with van der Waals surface area (Å²) in [7, 11) is 0. The van der Waals surface area contributed by atoms with Gasteiger partial charge in [0, 0.05) is 42.0 Å². The number of amides is 1. The van der Waals surface area contributed by atoms with Gasteiger partial charge in [-0.2, -0.15) is 4.58 Å². The topological polar surface area (TPSA) is 47.4 Å². The van der Waals surface area contributed by atoms with E-state index in [1.165, 1.54) is 47.6 Å². The second-order valence-corrected chi connectivity index (χ2v) is 7.85. The van der Waals surface area contributed by atoms with Crippen molar-refractivity contribution in [1.82, 2.24) is 10.2 Å². The van der Waals surface area contributed by atoms with Crippen LogP contribution in [-0.4, -0.2) is 60.4 Å². The summed E-state index contributed by atoms with van der Waals surface area (Å²) in [6.07, 6.45) is 4.55. The first-order valence-electron chi connectivity index (χ1n) is 10.3. The van der Waals surface area contributed by atoms with Gasteiger partial charge in [0.1, 0.15) is 5.82 Å². The van der Waals surface area contributed by atoms with Crippen LogP contribution >= 0.6 is 0 Å². The van der Waals surface area contributed by atoms with Gasteiger partial charge >= 0.3 is 0 Å². The van der Waals surface area contributed by atoms with Crippen molar-refractivity contribution in [2.75, 3.05) is 38.0 Å². The van der Waals surface area contributed by atoms with Crippen LogP contribution in [0.2, 0.25) is 0 Å². The van der Waals surface area contributed by atoms with Crippen LogP contribution in [0.25, 0.3) is 0 Å². The Kier molecular flexibility index (Phi) is 5.90. The molecule has 2 aromatic carbocycles. The van der Waals surface area contributed by atoms with E-state index in [-0.39, 0.29) is 17.8 Å². The van der Waals surface area contributed by atoms with Crippen LogP contribution < -0.4 is 10.6 Å². The lowest BCUT2D eigenvalue weighted by molar-refractivity contribution is -0.444. The summed E-state index contributed by atoms with van der Waals surface area (Å²) >= 11 is 0. The van der Waals surface area contributed by atoms with E-state index in [0.29, 0.717) is 5.56 Å². The minimum Gasteiger partial charge on any atom is -0.385 e. The fraction of sp³-hybridized carbons (Fsp3) is 0.391. The third kappa shape index (κ3) is 4.65. The first-order valence-corrected chi connectivity index (χ1v) is 10.3. The van der Waals surface area contributed by atoms with E-state index < -0.39 is 0 Å². The predicted octanol–water partition coefficient (Wildman–Crippen LogP) is 3.03. The Morgan fingerprint density at radius 2 is 2.10 bits per heavy atom. The fourth-order valence-corrected chi connectivity index (χ4v) is 4.13. The highest BCUT2D eigenvalue weighted by Crippen LogP contribution is 2.30. The van der Waals surface area contributed by atoms with Gasteiger partial charge in [-0.1, -0.05) is 6.07 Å². The van der Waals surface area contributed by atoms with Crippen LogP contribution in [0, 0.1) is 5.82 Å². The molecule has 1 atom stereocenters. The molecule has 5 nitrogen and oxygen atoms in total. The third-order valence-electron chi connectivity index (χ3n) is 5.61. The molecule has 4 rings (SSSR count). The highest BCUT2D eigenvalue weighted by atomic mass is 19.1. The van der Waals surface area contributed by atoms with E-state index in [0.717, 1.165) is 39.1 Å². The molecule has 2 aliphatic rings. The van der Waals surface area contributed by atoms with Crippen molar-refractivity contribution in [3.05, 3.63) is 59.4 Å². The molecule has 152 valence electrons. The van der Waals surface area contributed by atoms with Crippen LogP contribution in [-0.2, 0) is 6.42 Å². The number of halogens is 1. The second-order valence-electron chi connectivity index (χ2n) is 7.85. The average molecular weight is 396 g/mol. The molecule has 1 amide bonds. The molecule has 2 aliphatic heterocycles. The van der Waals surface area contributed by atoms with Gasteiger partial charge in [0.05, 0.1) is 13.1 Å². The van der Waals surface area contributed by atoms with Crippen LogP contribution in [0.4, 0.5) is 15.8 Å². The number of fused-ring (bicyclic) bond motifs is 1. The van der Waals surface area contributed by atoms with Gasteiger partial charge in [0.2, 0.25) is 5.69 Å². The average Bonchev–Trinajstić information content (AvgIpc) is 2.74. The quantitative estimate of drug-likeness (QED) is 0.765. The molecule has 0 aliphatic carbocycles. The number of carbonyl (C=O) groups is 1. The van der Waals surface area contributed by atoms with Gasteiger partial charge in [-0.15, -0.1) is 0 Å². The maximum Gasteiger partial charge on any atom is 0.251 e. The molecule has 0 fully saturated rings. The zero-order valence-corrected chi connectivity index (χ0v) is 16.8. The smallest absolute Gasteiger partial charge is 0.251 e. The molecule has 6 heteroatoms. The first kappa shape index (κ1) is 19.6. The number of hydrogen-bond acceptors (Lipinski definition) is 3. The Balaban J connectivity index is 1.34. The number of nitrogens with one attached hydrogen (secondary N) is 2. The molecule has 0 radical (unpaired) electrons. The van der Waals surface area contributed by atoms with Crippen LogP contribution in [0.3, 0.4) is 0 Å². The highest BCUT2D eigenvalue weighted by molar-refractivity contribution is 5.94. The molecule has 0 saturated carbocycles. The van der Waals surface area contributed by atoms with Crippen molar-refractivity contribution in [3.63, 3.8) is 0 Å². The molecule has 1 unspecified atom stereocenters. The van der Waals surface area contributed by atoms with Crippen molar-refractivity contribution in [1.29, 1.82) is 0 Å². The van der Waals surface area contributed by atoms with E-state index in [1.807, 2.05) is 6.92 Å². The summed E-state index contributed by atoms with van der Waals surface area (Å²) in [5.41, 5.74) is 4.48. The second kappa shape index (κ2) is 8.74. The third-order valence-corrected chi connectivity index (χ3v) is 5.61. The van der Waals surface area contributed by atoms with Gasteiger partial charge < -0.3 is 10.6 Å². The Morgan fingerprint density at radius 3 is 2.86 bits per heavy atom. The van der Waals surface area contributed by atoms with Gasteiger partial charge in [-0.3, -0.25) is 9.69 Å². The summed E-state index contributed by atoms with van der Waals surface area (Å²) in [6, 6.07) is 12.2.